The summed E-state index contributed by atoms with van der Waals surface area (Å²) in [4.78, 5) is -0.906. The highest BCUT2D eigenvalue weighted by molar-refractivity contribution is 7.91. The average molecular weight is 303 g/mol. The molecule has 0 fully saturated rings. The van der Waals surface area contributed by atoms with Crippen LogP contribution in [0.5, 0.6) is 0 Å². The van der Waals surface area contributed by atoms with Crippen molar-refractivity contribution in [3.8, 4) is 0 Å². The summed E-state index contributed by atoms with van der Waals surface area (Å²) in [5, 5.41) is 3.61. The van der Waals surface area contributed by atoms with Gasteiger partial charge in [-0.1, -0.05) is 0 Å². The molecule has 0 saturated carbocycles. The molecule has 102 valence electrons. The van der Waals surface area contributed by atoms with Gasteiger partial charge in [-0.25, -0.2) is 17.2 Å². The summed E-state index contributed by atoms with van der Waals surface area (Å²) in [6.45, 7) is 0. The van der Waals surface area contributed by atoms with Gasteiger partial charge in [0.15, 0.2) is 9.84 Å². The molecule has 0 aliphatic heterocycles. The third-order valence-electron chi connectivity index (χ3n) is 2.57. The van der Waals surface area contributed by atoms with E-state index in [-0.39, 0.29) is 17.9 Å². The molecule has 19 heavy (non-hydrogen) atoms. The van der Waals surface area contributed by atoms with Gasteiger partial charge >= 0.3 is 0 Å². The Labute approximate surface area is 113 Å². The highest BCUT2D eigenvalue weighted by Crippen LogP contribution is 2.23. The van der Waals surface area contributed by atoms with Crippen molar-refractivity contribution in [2.24, 2.45) is 0 Å². The molecule has 0 unspecified atom stereocenters. The van der Waals surface area contributed by atoms with Crippen molar-refractivity contribution < 1.29 is 17.2 Å². The lowest BCUT2D eigenvalue weighted by molar-refractivity contribution is 0.520. The molecule has 0 aliphatic carbocycles. The molecule has 0 amide bonds. The molecule has 2 rings (SSSR count). The van der Waals surface area contributed by atoms with E-state index in [2.05, 4.69) is 0 Å². The summed E-state index contributed by atoms with van der Waals surface area (Å²) in [6.07, 6.45) is 0.217. The van der Waals surface area contributed by atoms with Crippen LogP contribution in [0.3, 0.4) is 0 Å². The third-order valence-corrected chi connectivity index (χ3v) is 5.06. The summed E-state index contributed by atoms with van der Waals surface area (Å²) in [5.41, 5.74) is 5.93. The van der Waals surface area contributed by atoms with Crippen molar-refractivity contribution in [1.82, 2.24) is 0 Å². The lowest BCUT2D eigenvalue weighted by Crippen LogP contribution is -2.13. The van der Waals surface area contributed by atoms with Crippen LogP contribution in [0.15, 0.2) is 33.9 Å². The number of benzene rings is 1. The Morgan fingerprint density at radius 3 is 2.37 bits per heavy atom. The Bertz CT molecular complexity index is 659. The van der Waals surface area contributed by atoms with E-state index < -0.39 is 26.4 Å². The monoisotopic (exact) mass is 303 g/mol. The maximum atomic E-state index is 13.6. The van der Waals surface area contributed by atoms with E-state index in [1.54, 1.807) is 11.4 Å². The van der Waals surface area contributed by atoms with Crippen LogP contribution in [0.4, 0.5) is 14.5 Å². The number of thiophene rings is 1. The van der Waals surface area contributed by atoms with E-state index in [9.17, 15) is 17.2 Å². The van der Waals surface area contributed by atoms with Crippen LogP contribution < -0.4 is 5.73 Å². The number of nitrogen functional groups attached to an aromatic ring is 1. The highest BCUT2D eigenvalue weighted by Gasteiger charge is 2.24. The smallest absolute Gasteiger partial charge is 0.184 e. The highest BCUT2D eigenvalue weighted by atomic mass is 32.2. The minimum atomic E-state index is -4.02. The molecule has 2 N–H and O–H groups in total. The Hall–Kier alpha value is -1.47. The van der Waals surface area contributed by atoms with E-state index in [1.807, 2.05) is 5.38 Å². The standard InChI is InChI=1S/C12H11F2NO2S2/c13-10-5-9(15)6-11(14)12(10)19(16,17)4-2-8-1-3-18-7-8/h1,3,5-7H,2,4,15H2. The Balaban J connectivity index is 2.29. The van der Waals surface area contributed by atoms with Gasteiger partial charge in [0.05, 0.1) is 5.75 Å². The summed E-state index contributed by atoms with van der Waals surface area (Å²) < 4.78 is 51.1. The van der Waals surface area contributed by atoms with Crippen LogP contribution in [-0.4, -0.2) is 14.2 Å². The number of anilines is 1. The van der Waals surface area contributed by atoms with Crippen molar-refractivity contribution in [1.29, 1.82) is 0 Å². The van der Waals surface area contributed by atoms with Gasteiger partial charge in [0, 0.05) is 5.69 Å². The quantitative estimate of drug-likeness (QED) is 0.883. The molecule has 0 radical (unpaired) electrons. The predicted octanol–water partition coefficient (Wildman–Crippen LogP) is 2.62. The molecule has 0 aliphatic rings. The topological polar surface area (TPSA) is 60.2 Å². The zero-order valence-electron chi connectivity index (χ0n) is 9.77. The second-order valence-electron chi connectivity index (χ2n) is 4.01. The van der Waals surface area contributed by atoms with Crippen LogP contribution in [-0.2, 0) is 16.3 Å². The molecule has 3 nitrogen and oxygen atoms in total. The van der Waals surface area contributed by atoms with Crippen molar-refractivity contribution in [2.45, 2.75) is 11.3 Å². The zero-order chi connectivity index (χ0) is 14.0. The first-order valence-corrected chi connectivity index (χ1v) is 7.98. The first-order valence-electron chi connectivity index (χ1n) is 5.38. The van der Waals surface area contributed by atoms with Crippen molar-refractivity contribution >= 4 is 26.9 Å². The van der Waals surface area contributed by atoms with E-state index in [0.29, 0.717) is 0 Å². The van der Waals surface area contributed by atoms with Crippen LogP contribution in [0.25, 0.3) is 0 Å². The third kappa shape index (κ3) is 3.10. The summed E-state index contributed by atoms with van der Waals surface area (Å²) >= 11 is 1.43. The number of sulfone groups is 1. The van der Waals surface area contributed by atoms with Gasteiger partial charge in [-0.15, -0.1) is 0 Å². The maximum Gasteiger partial charge on any atom is 0.184 e. The van der Waals surface area contributed by atoms with Gasteiger partial charge in [0.25, 0.3) is 0 Å². The van der Waals surface area contributed by atoms with E-state index >= 15 is 0 Å². The fourth-order valence-electron chi connectivity index (χ4n) is 1.67. The number of hydrogen-bond acceptors (Lipinski definition) is 4. The Kier molecular flexibility index (Phi) is 3.86. The van der Waals surface area contributed by atoms with Gasteiger partial charge in [0.2, 0.25) is 0 Å². The first-order chi connectivity index (χ1) is 8.90. The number of aryl methyl sites for hydroxylation is 1. The summed E-state index contributed by atoms with van der Waals surface area (Å²) in [6, 6.07) is 3.39. The van der Waals surface area contributed by atoms with Crippen LogP contribution in [0.2, 0.25) is 0 Å². The van der Waals surface area contributed by atoms with Gasteiger partial charge in [-0.2, -0.15) is 11.3 Å². The lowest BCUT2D eigenvalue weighted by Gasteiger charge is -2.07. The fraction of sp³-hybridized carbons (Fsp3) is 0.167. The zero-order valence-corrected chi connectivity index (χ0v) is 11.4. The van der Waals surface area contributed by atoms with Gasteiger partial charge in [-0.05, 0) is 40.9 Å². The average Bonchev–Trinajstić information content (AvgIpc) is 2.77. The van der Waals surface area contributed by atoms with Crippen LogP contribution in [0, 0.1) is 11.6 Å². The SMILES string of the molecule is Nc1cc(F)c(S(=O)(=O)CCc2ccsc2)c(F)c1. The van der Waals surface area contributed by atoms with Gasteiger partial charge in [-0.3, -0.25) is 0 Å². The van der Waals surface area contributed by atoms with Crippen molar-refractivity contribution in [2.75, 3.05) is 11.5 Å². The Morgan fingerprint density at radius 1 is 1.21 bits per heavy atom. The molecule has 1 aromatic heterocycles. The van der Waals surface area contributed by atoms with Crippen LogP contribution in [0.1, 0.15) is 5.56 Å². The minimum Gasteiger partial charge on any atom is -0.399 e. The number of halogens is 2. The fourth-order valence-corrected chi connectivity index (χ4v) is 3.79. The molecule has 0 atom stereocenters. The summed E-state index contributed by atoms with van der Waals surface area (Å²) in [7, 11) is -4.02. The lowest BCUT2D eigenvalue weighted by atomic mass is 10.3. The first kappa shape index (κ1) is 14.0. The van der Waals surface area contributed by atoms with E-state index in [4.69, 9.17) is 5.73 Å². The minimum absolute atomic E-state index is 0.146. The molecule has 0 saturated heterocycles. The van der Waals surface area contributed by atoms with Crippen molar-refractivity contribution in [3.05, 3.63) is 46.2 Å². The molecule has 1 heterocycles. The molecule has 2 aromatic rings. The molecule has 1 aromatic carbocycles. The normalized spacial score (nSPS) is 11.7. The Morgan fingerprint density at radius 2 is 1.84 bits per heavy atom. The second kappa shape index (κ2) is 5.26. The predicted molar refractivity (Wildman–Crippen MR) is 70.8 cm³/mol. The molecule has 0 bridgehead atoms. The van der Waals surface area contributed by atoms with Gasteiger partial charge < -0.3 is 5.73 Å². The van der Waals surface area contributed by atoms with Gasteiger partial charge in [0.1, 0.15) is 16.5 Å². The molecule has 0 spiro atoms. The number of rotatable bonds is 4. The van der Waals surface area contributed by atoms with E-state index in [0.717, 1.165) is 17.7 Å². The maximum absolute atomic E-state index is 13.6. The van der Waals surface area contributed by atoms with Crippen molar-refractivity contribution in [3.63, 3.8) is 0 Å². The number of nitrogens with two attached hydrogens (primary N) is 1. The second-order valence-corrected chi connectivity index (χ2v) is 6.84. The summed E-state index contributed by atoms with van der Waals surface area (Å²) in [5.74, 6) is -2.65. The molecular formula is C12H11F2NO2S2. The molecular weight excluding hydrogens is 292 g/mol. The largest absolute Gasteiger partial charge is 0.399 e. The van der Waals surface area contributed by atoms with Crippen LogP contribution >= 0.6 is 11.3 Å². The number of hydrogen-bond donors (Lipinski definition) is 1. The van der Waals surface area contributed by atoms with E-state index in [1.165, 1.54) is 11.3 Å². The molecule has 7 heteroatoms.